The van der Waals surface area contributed by atoms with Crippen LogP contribution in [0.2, 0.25) is 0 Å². The molecular formula is C22H27FN4O. The van der Waals surface area contributed by atoms with Gasteiger partial charge in [0.25, 0.3) is 0 Å². The molecule has 0 aliphatic rings. The predicted octanol–water partition coefficient (Wildman–Crippen LogP) is 3.31. The van der Waals surface area contributed by atoms with Crippen LogP contribution in [-0.4, -0.2) is 35.7 Å². The zero-order valence-electron chi connectivity index (χ0n) is 16.3. The summed E-state index contributed by atoms with van der Waals surface area (Å²) in [5, 5.41) is 18.2. The first-order chi connectivity index (χ1) is 13.5. The Bertz CT molecular complexity index is 934. The van der Waals surface area contributed by atoms with Gasteiger partial charge in [0.05, 0.1) is 6.54 Å². The molecule has 0 aliphatic heterocycles. The normalized spacial score (nSPS) is 14.1. The van der Waals surface area contributed by atoms with E-state index in [1.165, 1.54) is 12.1 Å². The standard InChI is InChI=1S/C22H27FN4O/c1-3-24-21(27-15-22(2,28)17-7-5-4-6-8-17)25-12-11-16-14-26-20-13-18(23)9-10-19(16)20/h4-10,13-14,26,28H,3,11-12,15H2,1-2H3,(H2,24,25,27). The van der Waals surface area contributed by atoms with Crippen LogP contribution in [0.15, 0.2) is 59.7 Å². The number of H-pyrrole nitrogens is 1. The lowest BCUT2D eigenvalue weighted by Crippen LogP contribution is -2.39. The van der Waals surface area contributed by atoms with Gasteiger partial charge in [0.15, 0.2) is 5.96 Å². The van der Waals surface area contributed by atoms with Gasteiger partial charge in [0.2, 0.25) is 0 Å². The van der Waals surface area contributed by atoms with Crippen LogP contribution >= 0.6 is 0 Å². The first-order valence-electron chi connectivity index (χ1n) is 9.55. The summed E-state index contributed by atoms with van der Waals surface area (Å²) in [7, 11) is 0. The second-order valence-corrected chi connectivity index (χ2v) is 7.02. The minimum atomic E-state index is -1.04. The molecule has 28 heavy (non-hydrogen) atoms. The van der Waals surface area contributed by atoms with Gasteiger partial charge in [-0.05, 0) is 49.6 Å². The molecule has 3 rings (SSSR count). The van der Waals surface area contributed by atoms with Gasteiger partial charge in [-0.25, -0.2) is 9.38 Å². The van der Waals surface area contributed by atoms with Crippen LogP contribution in [0.3, 0.4) is 0 Å². The Hall–Kier alpha value is -2.86. The molecule has 0 bridgehead atoms. The fourth-order valence-corrected chi connectivity index (χ4v) is 3.14. The van der Waals surface area contributed by atoms with Crippen molar-refractivity contribution in [3.8, 4) is 0 Å². The number of aromatic amines is 1. The van der Waals surface area contributed by atoms with Gasteiger partial charge in [-0.2, -0.15) is 0 Å². The molecule has 0 aliphatic carbocycles. The van der Waals surface area contributed by atoms with Gasteiger partial charge >= 0.3 is 0 Å². The van der Waals surface area contributed by atoms with Crippen molar-refractivity contribution in [2.24, 2.45) is 4.99 Å². The van der Waals surface area contributed by atoms with Crippen molar-refractivity contribution in [1.29, 1.82) is 0 Å². The summed E-state index contributed by atoms with van der Waals surface area (Å²) in [6.45, 7) is 5.41. The Morgan fingerprint density at radius 3 is 2.71 bits per heavy atom. The van der Waals surface area contributed by atoms with Gasteiger partial charge < -0.3 is 20.7 Å². The van der Waals surface area contributed by atoms with Crippen LogP contribution in [0.25, 0.3) is 10.9 Å². The van der Waals surface area contributed by atoms with E-state index in [9.17, 15) is 9.50 Å². The van der Waals surface area contributed by atoms with E-state index in [2.05, 4.69) is 20.6 Å². The summed E-state index contributed by atoms with van der Waals surface area (Å²) in [6.07, 6.45) is 2.68. The van der Waals surface area contributed by atoms with Crippen molar-refractivity contribution in [3.05, 3.63) is 71.7 Å². The Morgan fingerprint density at radius 1 is 1.18 bits per heavy atom. The second kappa shape index (κ2) is 8.89. The van der Waals surface area contributed by atoms with Crippen LogP contribution in [0, 0.1) is 5.82 Å². The predicted molar refractivity (Wildman–Crippen MR) is 112 cm³/mol. The van der Waals surface area contributed by atoms with Crippen LogP contribution in [0.5, 0.6) is 0 Å². The lowest BCUT2D eigenvalue weighted by molar-refractivity contribution is 0.0672. The number of hydrogen-bond acceptors (Lipinski definition) is 2. The zero-order chi connectivity index (χ0) is 20.0. The molecule has 0 fully saturated rings. The highest BCUT2D eigenvalue weighted by atomic mass is 19.1. The van der Waals surface area contributed by atoms with Gasteiger partial charge in [-0.3, -0.25) is 0 Å². The SMILES string of the molecule is CCNC(=NCC(C)(O)c1ccccc1)NCCc1c[nH]c2cc(F)ccc12. The summed E-state index contributed by atoms with van der Waals surface area (Å²) < 4.78 is 13.3. The quantitative estimate of drug-likeness (QED) is 0.374. The number of halogens is 1. The van der Waals surface area contributed by atoms with E-state index >= 15 is 0 Å². The van der Waals surface area contributed by atoms with Crippen molar-refractivity contribution < 1.29 is 9.50 Å². The van der Waals surface area contributed by atoms with Crippen LogP contribution in [0.1, 0.15) is 25.0 Å². The highest BCUT2D eigenvalue weighted by Crippen LogP contribution is 2.21. The number of aliphatic imine (C=N–C) groups is 1. The van der Waals surface area contributed by atoms with Crippen LogP contribution in [0.4, 0.5) is 4.39 Å². The van der Waals surface area contributed by atoms with E-state index in [-0.39, 0.29) is 12.4 Å². The van der Waals surface area contributed by atoms with Gasteiger partial charge in [0.1, 0.15) is 11.4 Å². The molecule has 0 saturated heterocycles. The topological polar surface area (TPSA) is 72.4 Å². The Morgan fingerprint density at radius 2 is 1.96 bits per heavy atom. The number of aliphatic hydroxyl groups is 1. The molecule has 2 aromatic carbocycles. The maximum absolute atomic E-state index is 13.3. The Balaban J connectivity index is 1.61. The van der Waals surface area contributed by atoms with Crippen molar-refractivity contribution >= 4 is 16.9 Å². The van der Waals surface area contributed by atoms with Gasteiger partial charge in [-0.1, -0.05) is 30.3 Å². The molecular weight excluding hydrogens is 355 g/mol. The maximum atomic E-state index is 13.3. The highest BCUT2D eigenvalue weighted by Gasteiger charge is 2.22. The van der Waals surface area contributed by atoms with Gasteiger partial charge in [-0.15, -0.1) is 0 Å². The smallest absolute Gasteiger partial charge is 0.191 e. The monoisotopic (exact) mass is 382 g/mol. The summed E-state index contributed by atoms with van der Waals surface area (Å²) >= 11 is 0. The molecule has 0 spiro atoms. The van der Waals surface area contributed by atoms with Crippen molar-refractivity contribution in [1.82, 2.24) is 15.6 Å². The van der Waals surface area contributed by atoms with Crippen LogP contribution in [-0.2, 0) is 12.0 Å². The van der Waals surface area contributed by atoms with Crippen molar-refractivity contribution in [2.75, 3.05) is 19.6 Å². The molecule has 0 amide bonds. The number of rotatable bonds is 7. The van der Waals surface area contributed by atoms with E-state index in [4.69, 9.17) is 0 Å². The number of nitrogens with zero attached hydrogens (tertiary/aromatic N) is 1. The minimum Gasteiger partial charge on any atom is -0.384 e. The molecule has 1 atom stereocenters. The fraction of sp³-hybridized carbons (Fsp3) is 0.318. The first kappa shape index (κ1) is 19.9. The molecule has 1 unspecified atom stereocenters. The molecule has 3 aromatic rings. The molecule has 5 nitrogen and oxygen atoms in total. The number of hydrogen-bond donors (Lipinski definition) is 4. The molecule has 6 heteroatoms. The lowest BCUT2D eigenvalue weighted by atomic mass is 9.96. The van der Waals surface area contributed by atoms with Crippen molar-refractivity contribution in [2.45, 2.75) is 25.9 Å². The number of guanidine groups is 1. The molecule has 1 aromatic heterocycles. The van der Waals surface area contributed by atoms with E-state index < -0.39 is 5.60 Å². The lowest BCUT2D eigenvalue weighted by Gasteiger charge is -2.22. The Labute approximate surface area is 164 Å². The summed E-state index contributed by atoms with van der Waals surface area (Å²) in [5.41, 5.74) is 1.72. The Kier molecular flexibility index (Phi) is 6.31. The van der Waals surface area contributed by atoms with E-state index in [0.29, 0.717) is 12.5 Å². The van der Waals surface area contributed by atoms with Crippen molar-refractivity contribution in [3.63, 3.8) is 0 Å². The van der Waals surface area contributed by atoms with Gasteiger partial charge in [0, 0.05) is 30.2 Å². The minimum absolute atomic E-state index is 0.244. The van der Waals surface area contributed by atoms with E-state index in [1.807, 2.05) is 43.5 Å². The summed E-state index contributed by atoms with van der Waals surface area (Å²) in [6, 6.07) is 14.3. The first-order valence-corrected chi connectivity index (χ1v) is 9.55. The largest absolute Gasteiger partial charge is 0.384 e. The summed E-state index contributed by atoms with van der Waals surface area (Å²) in [5.74, 6) is 0.413. The van der Waals surface area contributed by atoms with E-state index in [0.717, 1.165) is 35.0 Å². The summed E-state index contributed by atoms with van der Waals surface area (Å²) in [4.78, 5) is 7.65. The average molecular weight is 382 g/mol. The fourth-order valence-electron chi connectivity index (χ4n) is 3.14. The highest BCUT2D eigenvalue weighted by molar-refractivity contribution is 5.83. The van der Waals surface area contributed by atoms with E-state index in [1.54, 1.807) is 13.0 Å². The third-order valence-corrected chi connectivity index (χ3v) is 4.70. The third kappa shape index (κ3) is 4.89. The molecule has 0 saturated carbocycles. The molecule has 148 valence electrons. The second-order valence-electron chi connectivity index (χ2n) is 7.02. The maximum Gasteiger partial charge on any atom is 0.191 e. The average Bonchev–Trinajstić information content (AvgIpc) is 3.09. The number of aromatic nitrogens is 1. The number of nitrogens with one attached hydrogen (secondary N) is 3. The molecule has 4 N–H and O–H groups in total. The zero-order valence-corrected chi connectivity index (χ0v) is 16.3. The van der Waals surface area contributed by atoms with Crippen LogP contribution < -0.4 is 10.6 Å². The number of fused-ring (bicyclic) bond motifs is 1. The third-order valence-electron chi connectivity index (χ3n) is 4.70. The molecule has 1 heterocycles. The molecule has 0 radical (unpaired) electrons. The number of benzene rings is 2.